The minimum absolute atomic E-state index is 0.0347. The molecule has 1 heterocycles. The first-order valence-electron chi connectivity index (χ1n) is 14.5. The number of nitrogens with zero attached hydrogens (tertiary/aromatic N) is 4. The van der Waals surface area contributed by atoms with Crippen LogP contribution in [0.5, 0.6) is 5.75 Å². The van der Waals surface area contributed by atoms with Crippen molar-refractivity contribution in [1.82, 2.24) is 14.7 Å². The van der Waals surface area contributed by atoms with Gasteiger partial charge in [-0.1, -0.05) is 29.3 Å². The van der Waals surface area contributed by atoms with Crippen molar-refractivity contribution in [3.8, 4) is 28.6 Å². The molecule has 0 radical (unpaired) electrons. The average molecular weight is 809 g/mol. The van der Waals surface area contributed by atoms with Crippen molar-refractivity contribution in [3.63, 3.8) is 0 Å². The lowest BCUT2D eigenvalue weighted by Crippen LogP contribution is -2.50. The third kappa shape index (κ3) is 8.81. The summed E-state index contributed by atoms with van der Waals surface area (Å²) in [6, 6.07) is 4.85. The molecule has 0 aliphatic heterocycles. The number of carboxylic acid groups (broad SMARTS) is 1. The number of aliphatic carboxylic acids is 1. The maximum absolute atomic E-state index is 14.8. The second-order valence-corrected chi connectivity index (χ2v) is 11.9. The number of carbonyl (C=O) groups excluding carboxylic acids is 2. The molecule has 4 rings (SSSR count). The van der Waals surface area contributed by atoms with Gasteiger partial charge in [-0.05, 0) is 49.1 Å². The molecule has 1 aliphatic rings. The predicted molar refractivity (Wildman–Crippen MR) is 159 cm³/mol. The van der Waals surface area contributed by atoms with Crippen LogP contribution in [0.15, 0.2) is 42.7 Å². The van der Waals surface area contributed by atoms with E-state index in [0.717, 1.165) is 23.4 Å². The van der Waals surface area contributed by atoms with Crippen LogP contribution in [-0.2, 0) is 19.9 Å². The molecule has 1 amide bonds. The molecule has 1 aromatic heterocycles. The van der Waals surface area contributed by atoms with Gasteiger partial charge in [0.2, 0.25) is 0 Å². The first kappa shape index (κ1) is 40.8. The van der Waals surface area contributed by atoms with Crippen LogP contribution in [0.4, 0.5) is 48.7 Å². The molecule has 286 valence electrons. The number of carboxylic acids is 1. The maximum Gasteiger partial charge on any atom is 0.573 e. The van der Waals surface area contributed by atoms with E-state index in [-0.39, 0.29) is 60.1 Å². The van der Waals surface area contributed by atoms with Crippen LogP contribution in [0, 0.1) is 11.3 Å². The van der Waals surface area contributed by atoms with Crippen molar-refractivity contribution in [1.29, 1.82) is 5.26 Å². The topological polar surface area (TPSA) is 144 Å². The normalized spacial score (nSPS) is 14.2. The van der Waals surface area contributed by atoms with Gasteiger partial charge in [-0.25, -0.2) is 13.9 Å². The molecule has 1 N–H and O–H groups in total. The number of benzene rings is 2. The highest BCUT2D eigenvalue weighted by Crippen LogP contribution is 2.55. The van der Waals surface area contributed by atoms with E-state index in [1.807, 2.05) is 6.07 Å². The lowest BCUT2D eigenvalue weighted by Gasteiger charge is -2.31. The Balaban J connectivity index is 1.69. The Morgan fingerprint density at radius 1 is 0.943 bits per heavy atom. The van der Waals surface area contributed by atoms with Gasteiger partial charge in [0.1, 0.15) is 11.2 Å². The number of carbonyl (C=O) groups is 3. The van der Waals surface area contributed by atoms with Gasteiger partial charge < -0.3 is 19.3 Å². The summed E-state index contributed by atoms with van der Waals surface area (Å²) < 4.78 is 149. The number of aromatic nitrogens is 2. The van der Waals surface area contributed by atoms with Gasteiger partial charge in [-0.15, -0.1) is 13.2 Å². The van der Waals surface area contributed by atoms with E-state index in [0.29, 0.717) is 4.68 Å². The number of hydrogen-bond donors (Lipinski definition) is 1. The van der Waals surface area contributed by atoms with E-state index in [2.05, 4.69) is 9.84 Å². The Kier molecular flexibility index (Phi) is 11.4. The van der Waals surface area contributed by atoms with E-state index >= 15 is 0 Å². The van der Waals surface area contributed by atoms with Crippen LogP contribution >= 0.6 is 23.2 Å². The Bertz CT molecular complexity index is 1930. The van der Waals surface area contributed by atoms with E-state index < -0.39 is 82.8 Å². The summed E-state index contributed by atoms with van der Waals surface area (Å²) in [6.45, 7) is -1.15. The van der Waals surface area contributed by atoms with E-state index in [1.165, 1.54) is 12.1 Å². The summed E-state index contributed by atoms with van der Waals surface area (Å²) >= 11 is 12.1. The highest BCUT2D eigenvalue weighted by atomic mass is 35.5. The van der Waals surface area contributed by atoms with Crippen LogP contribution in [-0.4, -0.2) is 75.4 Å². The monoisotopic (exact) mass is 808 g/mol. The number of rotatable bonds is 12. The first-order valence-corrected chi connectivity index (χ1v) is 15.2. The van der Waals surface area contributed by atoms with Crippen LogP contribution in [0.3, 0.4) is 0 Å². The summed E-state index contributed by atoms with van der Waals surface area (Å²) in [5.74, 6) is -3.89. The summed E-state index contributed by atoms with van der Waals surface area (Å²) in [4.78, 5) is 37.2. The molecule has 53 heavy (non-hydrogen) atoms. The van der Waals surface area contributed by atoms with Gasteiger partial charge in [0.15, 0.2) is 12.5 Å². The molecular formula is C30H20Cl2F10N4O7. The molecule has 0 bridgehead atoms. The molecule has 3 aromatic rings. The molecule has 0 spiro atoms. The van der Waals surface area contributed by atoms with Gasteiger partial charge in [0.25, 0.3) is 5.91 Å². The number of halogens is 12. The largest absolute Gasteiger partial charge is 0.573 e. The van der Waals surface area contributed by atoms with Crippen molar-refractivity contribution in [2.75, 3.05) is 13.3 Å². The predicted octanol–water partition coefficient (Wildman–Crippen LogP) is 8.51. The fraction of sp³-hybridized carbons (Fsp3) is 0.367. The first-order chi connectivity index (χ1) is 24.4. The maximum atomic E-state index is 14.8. The molecule has 0 saturated heterocycles. The average Bonchev–Trinajstić information content (AvgIpc) is 3.68. The minimum Gasteiger partial charge on any atom is -0.481 e. The molecule has 1 aliphatic carbocycles. The molecule has 1 fully saturated rings. The smallest absolute Gasteiger partial charge is 0.481 e. The highest BCUT2D eigenvalue weighted by molar-refractivity contribution is 6.34. The molecule has 1 saturated carbocycles. The van der Waals surface area contributed by atoms with Gasteiger partial charge in [0.05, 0.1) is 34.5 Å². The third-order valence-electron chi connectivity index (χ3n) is 7.53. The quantitative estimate of drug-likeness (QED) is 0.0824. The lowest BCUT2D eigenvalue weighted by atomic mass is 9.93. The fourth-order valence-corrected chi connectivity index (χ4v) is 5.26. The summed E-state index contributed by atoms with van der Waals surface area (Å²) in [5.41, 5.74) is -11.4. The van der Waals surface area contributed by atoms with Crippen molar-refractivity contribution >= 4 is 41.2 Å². The van der Waals surface area contributed by atoms with Gasteiger partial charge in [-0.2, -0.15) is 36.7 Å². The Hall–Kier alpha value is -4.97. The van der Waals surface area contributed by atoms with Gasteiger partial charge >= 0.3 is 36.5 Å². The Morgan fingerprint density at radius 3 is 2.13 bits per heavy atom. The number of amides is 1. The van der Waals surface area contributed by atoms with Gasteiger partial charge in [0, 0.05) is 23.7 Å². The minimum atomic E-state index is -6.70. The second-order valence-electron chi connectivity index (χ2n) is 11.1. The van der Waals surface area contributed by atoms with E-state index in [9.17, 15) is 63.5 Å². The zero-order valence-corrected chi connectivity index (χ0v) is 27.5. The number of ether oxygens (including phenoxy) is 3. The molecule has 2 aromatic carbocycles. The fourth-order valence-electron chi connectivity index (χ4n) is 4.77. The number of alkyl halides is 10. The summed E-state index contributed by atoms with van der Waals surface area (Å²) in [5, 5.41) is 20.7. The number of nitriles is 1. The van der Waals surface area contributed by atoms with Crippen molar-refractivity contribution < 1.29 is 77.6 Å². The highest BCUT2D eigenvalue weighted by Gasteiger charge is 2.73. The van der Waals surface area contributed by atoms with Crippen LogP contribution < -0.4 is 4.74 Å². The molecule has 0 atom stereocenters. The zero-order valence-electron chi connectivity index (χ0n) is 26.0. The summed E-state index contributed by atoms with van der Waals surface area (Å²) in [7, 11) is 0. The van der Waals surface area contributed by atoms with Gasteiger partial charge in [-0.3, -0.25) is 14.5 Å². The molecule has 0 unspecified atom stereocenters. The van der Waals surface area contributed by atoms with Crippen LogP contribution in [0.25, 0.3) is 16.8 Å². The number of hydrogen-bond acceptors (Lipinski definition) is 8. The van der Waals surface area contributed by atoms with Crippen molar-refractivity contribution in [2.45, 2.75) is 55.6 Å². The van der Waals surface area contributed by atoms with Crippen LogP contribution in [0.2, 0.25) is 10.0 Å². The summed E-state index contributed by atoms with van der Waals surface area (Å²) in [6.07, 6.45) is -18.6. The SMILES string of the molecule is N#CC1(N(COC(=O)OCCCC(=O)O)C(=O)c2cc(-c3cnn(-c4c(Cl)cc(C(F)(C(F)(F)F)C(F)(F)F)cc4OC(F)(F)F)c3)ccc2Cl)CC1. The third-order valence-corrected chi connectivity index (χ3v) is 8.15. The second kappa shape index (κ2) is 14.8. The standard InChI is InChI=1S/C30H20Cl2F10N4O7/c31-19-4-3-15(8-18(19)24(49)45(26(13-43)5-6-26)14-52-25(50)51-7-1-2-22(47)48)16-11-44-46(12-16)23-20(32)9-17(10-21(23)53-30(40,41)42)27(33,28(34,35)36)29(37,38)39/h3-4,8-12H,1-2,5-7,14H2,(H,47,48). The lowest BCUT2D eigenvalue weighted by molar-refractivity contribution is -0.348. The molecule has 23 heteroatoms. The zero-order chi connectivity index (χ0) is 39.7. The molecular weight excluding hydrogens is 789 g/mol. The molecule has 11 nitrogen and oxygen atoms in total. The Morgan fingerprint density at radius 2 is 1.58 bits per heavy atom. The van der Waals surface area contributed by atoms with Crippen molar-refractivity contribution in [2.24, 2.45) is 0 Å². The van der Waals surface area contributed by atoms with Crippen LogP contribution in [0.1, 0.15) is 41.6 Å². The van der Waals surface area contributed by atoms with Crippen molar-refractivity contribution in [3.05, 3.63) is 63.9 Å². The van der Waals surface area contributed by atoms with E-state index in [4.69, 9.17) is 37.8 Å². The Labute approximate surface area is 300 Å². The van der Waals surface area contributed by atoms with E-state index in [1.54, 1.807) is 0 Å².